The third-order valence-corrected chi connectivity index (χ3v) is 2.88. The first kappa shape index (κ1) is 7.60. The van der Waals surface area contributed by atoms with Crippen LogP contribution in [-0.2, 0) is 0 Å². The summed E-state index contributed by atoms with van der Waals surface area (Å²) in [6.07, 6.45) is 4.42. The molecule has 2 atom stereocenters. The normalized spacial score (nSPS) is 42.3. The molecule has 0 amide bonds. The summed E-state index contributed by atoms with van der Waals surface area (Å²) >= 11 is 0. The number of hydrogen-bond acceptors (Lipinski definition) is 1. The fraction of sp³-hybridized carbons (Fsp3) is 1.00. The molecule has 2 saturated carbocycles. The molecule has 2 rings (SSSR count). The van der Waals surface area contributed by atoms with Crippen molar-refractivity contribution in [2.24, 2.45) is 11.8 Å². The van der Waals surface area contributed by atoms with Gasteiger partial charge in [0.2, 0.25) is 0 Å². The van der Waals surface area contributed by atoms with Gasteiger partial charge in [-0.25, -0.2) is 0 Å². The topological polar surface area (TPSA) is 12.0 Å². The van der Waals surface area contributed by atoms with Gasteiger partial charge in [-0.3, -0.25) is 0 Å². The SMILES string of the molecule is CC(C)(C)NC1CC2CC2C1. The summed E-state index contributed by atoms with van der Waals surface area (Å²) in [5, 5.41) is 3.68. The molecule has 2 aliphatic carbocycles. The summed E-state index contributed by atoms with van der Waals surface area (Å²) in [6, 6.07) is 0.832. The smallest absolute Gasteiger partial charge is 0.00991 e. The van der Waals surface area contributed by atoms with Gasteiger partial charge in [0.1, 0.15) is 0 Å². The maximum atomic E-state index is 3.68. The Balaban J connectivity index is 1.80. The third-order valence-electron chi connectivity index (χ3n) is 2.88. The van der Waals surface area contributed by atoms with Crippen molar-refractivity contribution >= 4 is 0 Å². The van der Waals surface area contributed by atoms with E-state index in [9.17, 15) is 0 Å². The van der Waals surface area contributed by atoms with Crippen molar-refractivity contribution in [3.63, 3.8) is 0 Å². The van der Waals surface area contributed by atoms with Gasteiger partial charge in [-0.2, -0.15) is 0 Å². The van der Waals surface area contributed by atoms with Gasteiger partial charge >= 0.3 is 0 Å². The Kier molecular flexibility index (Phi) is 1.54. The van der Waals surface area contributed by atoms with Crippen molar-refractivity contribution in [3.8, 4) is 0 Å². The lowest BCUT2D eigenvalue weighted by Gasteiger charge is -2.26. The van der Waals surface area contributed by atoms with Crippen LogP contribution in [0.1, 0.15) is 40.0 Å². The number of nitrogens with one attached hydrogen (secondary N) is 1. The van der Waals surface area contributed by atoms with Crippen molar-refractivity contribution in [2.75, 3.05) is 0 Å². The highest BCUT2D eigenvalue weighted by atomic mass is 15.0. The fourth-order valence-electron chi connectivity index (χ4n) is 2.45. The van der Waals surface area contributed by atoms with Gasteiger partial charge in [-0.05, 0) is 51.9 Å². The van der Waals surface area contributed by atoms with Crippen LogP contribution in [0.15, 0.2) is 0 Å². The highest BCUT2D eigenvalue weighted by molar-refractivity contribution is 5.00. The van der Waals surface area contributed by atoms with E-state index in [1.807, 2.05) is 0 Å². The minimum atomic E-state index is 0.321. The molecule has 0 aromatic carbocycles. The van der Waals surface area contributed by atoms with Gasteiger partial charge in [0.05, 0.1) is 0 Å². The molecule has 0 bridgehead atoms. The first-order valence-electron chi connectivity index (χ1n) is 4.82. The van der Waals surface area contributed by atoms with E-state index in [4.69, 9.17) is 0 Å². The van der Waals surface area contributed by atoms with E-state index in [0.717, 1.165) is 17.9 Å². The van der Waals surface area contributed by atoms with Crippen molar-refractivity contribution in [2.45, 2.75) is 51.6 Å². The van der Waals surface area contributed by atoms with E-state index < -0.39 is 0 Å². The van der Waals surface area contributed by atoms with Gasteiger partial charge in [-0.15, -0.1) is 0 Å². The van der Waals surface area contributed by atoms with E-state index in [0.29, 0.717) is 5.54 Å². The third kappa shape index (κ3) is 1.76. The van der Waals surface area contributed by atoms with Crippen LogP contribution in [0.2, 0.25) is 0 Å². The Morgan fingerprint density at radius 1 is 1.00 bits per heavy atom. The van der Waals surface area contributed by atoms with E-state index in [1.165, 1.54) is 19.3 Å². The van der Waals surface area contributed by atoms with Gasteiger partial charge in [0.15, 0.2) is 0 Å². The first-order valence-corrected chi connectivity index (χ1v) is 4.82. The van der Waals surface area contributed by atoms with E-state index in [-0.39, 0.29) is 0 Å². The van der Waals surface area contributed by atoms with Crippen LogP contribution in [0.4, 0.5) is 0 Å². The lowest BCUT2D eigenvalue weighted by molar-refractivity contribution is 0.345. The summed E-state index contributed by atoms with van der Waals surface area (Å²) in [6.45, 7) is 6.78. The van der Waals surface area contributed by atoms with Gasteiger partial charge < -0.3 is 5.32 Å². The van der Waals surface area contributed by atoms with Crippen LogP contribution in [0, 0.1) is 11.8 Å². The first-order chi connectivity index (χ1) is 5.04. The maximum Gasteiger partial charge on any atom is 0.00991 e. The number of fused-ring (bicyclic) bond motifs is 1. The number of rotatable bonds is 1. The van der Waals surface area contributed by atoms with Crippen molar-refractivity contribution < 1.29 is 0 Å². The highest BCUT2D eigenvalue weighted by Gasteiger charge is 2.46. The maximum absolute atomic E-state index is 3.68. The van der Waals surface area contributed by atoms with Crippen molar-refractivity contribution in [1.29, 1.82) is 0 Å². The molecular weight excluding hydrogens is 134 g/mol. The Labute approximate surface area is 69.6 Å². The molecule has 0 aliphatic heterocycles. The predicted molar refractivity (Wildman–Crippen MR) is 47.5 cm³/mol. The molecule has 0 aromatic heterocycles. The lowest BCUT2D eigenvalue weighted by Crippen LogP contribution is -2.42. The standard InChI is InChI=1S/C10H19N/c1-10(2,3)11-9-5-7-4-8(7)6-9/h7-9,11H,4-6H2,1-3H3. The zero-order valence-electron chi connectivity index (χ0n) is 7.85. The van der Waals surface area contributed by atoms with Crippen LogP contribution < -0.4 is 5.32 Å². The van der Waals surface area contributed by atoms with Crippen LogP contribution in [0.3, 0.4) is 0 Å². The molecule has 2 aliphatic rings. The largest absolute Gasteiger partial charge is 0.309 e. The average Bonchev–Trinajstić information content (AvgIpc) is 2.36. The molecule has 1 N–H and O–H groups in total. The second-order valence-electron chi connectivity index (χ2n) is 5.32. The minimum Gasteiger partial charge on any atom is -0.309 e. The van der Waals surface area contributed by atoms with Gasteiger partial charge in [0.25, 0.3) is 0 Å². The molecule has 2 fully saturated rings. The fourth-order valence-corrected chi connectivity index (χ4v) is 2.45. The Morgan fingerprint density at radius 3 is 2.00 bits per heavy atom. The van der Waals surface area contributed by atoms with Crippen LogP contribution in [0.5, 0.6) is 0 Å². The van der Waals surface area contributed by atoms with Crippen molar-refractivity contribution in [3.05, 3.63) is 0 Å². The van der Waals surface area contributed by atoms with Crippen LogP contribution in [0.25, 0.3) is 0 Å². The Bertz CT molecular complexity index is 147. The summed E-state index contributed by atoms with van der Waals surface area (Å²) in [5.74, 6) is 2.21. The highest BCUT2D eigenvalue weighted by Crippen LogP contribution is 2.51. The van der Waals surface area contributed by atoms with E-state index >= 15 is 0 Å². The summed E-state index contributed by atoms with van der Waals surface area (Å²) in [5.41, 5.74) is 0.321. The molecule has 2 unspecified atom stereocenters. The molecule has 64 valence electrons. The molecule has 1 heteroatoms. The average molecular weight is 153 g/mol. The molecular formula is C10H19N. The van der Waals surface area contributed by atoms with Gasteiger partial charge in [-0.1, -0.05) is 0 Å². The second kappa shape index (κ2) is 2.22. The second-order valence-corrected chi connectivity index (χ2v) is 5.32. The lowest BCUT2D eigenvalue weighted by atomic mass is 10.0. The zero-order valence-corrected chi connectivity index (χ0v) is 7.85. The van der Waals surface area contributed by atoms with Crippen LogP contribution >= 0.6 is 0 Å². The zero-order chi connectivity index (χ0) is 8.06. The monoisotopic (exact) mass is 153 g/mol. The molecule has 0 heterocycles. The molecule has 0 spiro atoms. The predicted octanol–water partition coefficient (Wildman–Crippen LogP) is 2.17. The van der Waals surface area contributed by atoms with Crippen LogP contribution in [-0.4, -0.2) is 11.6 Å². The molecule has 0 radical (unpaired) electrons. The molecule has 0 aromatic rings. The summed E-state index contributed by atoms with van der Waals surface area (Å²) in [4.78, 5) is 0. The molecule has 11 heavy (non-hydrogen) atoms. The van der Waals surface area contributed by atoms with Gasteiger partial charge in [0, 0.05) is 11.6 Å². The summed E-state index contributed by atoms with van der Waals surface area (Å²) < 4.78 is 0. The quantitative estimate of drug-likeness (QED) is 0.609. The Hall–Kier alpha value is -0.0400. The molecule has 0 saturated heterocycles. The van der Waals surface area contributed by atoms with E-state index in [2.05, 4.69) is 26.1 Å². The van der Waals surface area contributed by atoms with E-state index in [1.54, 1.807) is 0 Å². The Morgan fingerprint density at radius 2 is 1.55 bits per heavy atom. The van der Waals surface area contributed by atoms with Crippen molar-refractivity contribution in [1.82, 2.24) is 5.32 Å². The summed E-state index contributed by atoms with van der Waals surface area (Å²) in [7, 11) is 0. The minimum absolute atomic E-state index is 0.321. The molecule has 1 nitrogen and oxygen atoms in total. The number of hydrogen-bond donors (Lipinski definition) is 1.